The Balaban J connectivity index is 1.77. The Morgan fingerprint density at radius 3 is 2.60 bits per heavy atom. The number of carbonyl (C=O) groups excluding carboxylic acids is 3. The number of carbonyl (C=O) groups is 3. The molecule has 0 spiro atoms. The number of rotatable bonds is 4. The first-order valence-corrected chi connectivity index (χ1v) is 8.09. The molecule has 1 aliphatic rings. The first kappa shape index (κ1) is 18.8. The van der Waals surface area contributed by atoms with Crippen molar-refractivity contribution in [3.63, 3.8) is 0 Å². The molecular formula is C17H20F2N2O4. The molecule has 1 aromatic carbocycles. The van der Waals surface area contributed by atoms with E-state index in [4.69, 9.17) is 0 Å². The zero-order chi connectivity index (χ0) is 18.4. The van der Waals surface area contributed by atoms with Gasteiger partial charge in [-0.2, -0.15) is 0 Å². The summed E-state index contributed by atoms with van der Waals surface area (Å²) >= 11 is 0. The number of hydrogen-bond donors (Lipinski definition) is 2. The maximum Gasteiger partial charge on any atom is 0.341 e. The molecule has 136 valence electrons. The molecule has 2 N–H and O–H groups in total. The van der Waals surface area contributed by atoms with E-state index in [0.717, 1.165) is 37.8 Å². The van der Waals surface area contributed by atoms with E-state index >= 15 is 0 Å². The fourth-order valence-corrected chi connectivity index (χ4v) is 2.76. The number of halogens is 2. The van der Waals surface area contributed by atoms with Gasteiger partial charge in [0.1, 0.15) is 11.6 Å². The van der Waals surface area contributed by atoms with Crippen LogP contribution in [0.2, 0.25) is 0 Å². The van der Waals surface area contributed by atoms with Crippen molar-refractivity contribution in [2.75, 3.05) is 6.61 Å². The summed E-state index contributed by atoms with van der Waals surface area (Å²) < 4.78 is 30.8. The highest BCUT2D eigenvalue weighted by Gasteiger charge is 2.23. The summed E-state index contributed by atoms with van der Waals surface area (Å²) in [5, 5.41) is 4.78. The van der Waals surface area contributed by atoms with Crippen molar-refractivity contribution >= 4 is 17.9 Å². The van der Waals surface area contributed by atoms with Gasteiger partial charge in [0.15, 0.2) is 6.61 Å². The van der Waals surface area contributed by atoms with Gasteiger partial charge in [-0.25, -0.2) is 18.4 Å². The number of hydrogen-bond acceptors (Lipinski definition) is 4. The molecule has 1 saturated carbocycles. The Hall–Kier alpha value is -2.51. The number of imide groups is 1. The highest BCUT2D eigenvalue weighted by Crippen LogP contribution is 2.23. The van der Waals surface area contributed by atoms with Crippen molar-refractivity contribution < 1.29 is 27.9 Å². The molecule has 6 nitrogen and oxygen atoms in total. The summed E-state index contributed by atoms with van der Waals surface area (Å²) in [4.78, 5) is 35.1. The highest BCUT2D eigenvalue weighted by atomic mass is 19.1. The minimum absolute atomic E-state index is 0.00240. The molecule has 0 saturated heterocycles. The Labute approximate surface area is 143 Å². The van der Waals surface area contributed by atoms with Crippen molar-refractivity contribution in [1.82, 2.24) is 10.6 Å². The van der Waals surface area contributed by atoms with Crippen LogP contribution in [0.15, 0.2) is 18.2 Å². The summed E-state index contributed by atoms with van der Waals surface area (Å²) in [5.41, 5.74) is -0.491. The zero-order valence-electron chi connectivity index (χ0n) is 13.8. The van der Waals surface area contributed by atoms with Crippen LogP contribution in [0.3, 0.4) is 0 Å². The third-order valence-corrected chi connectivity index (χ3v) is 4.17. The molecule has 0 unspecified atom stereocenters. The first-order chi connectivity index (χ1) is 11.9. The maximum atomic E-state index is 13.4. The average molecular weight is 354 g/mol. The maximum absolute atomic E-state index is 13.4. The lowest BCUT2D eigenvalue weighted by Gasteiger charge is -2.29. The number of amides is 3. The van der Waals surface area contributed by atoms with Crippen molar-refractivity contribution in [2.24, 2.45) is 5.92 Å². The van der Waals surface area contributed by atoms with Gasteiger partial charge in [-0.05, 0) is 30.9 Å². The highest BCUT2D eigenvalue weighted by molar-refractivity contribution is 5.97. The molecule has 0 bridgehead atoms. The largest absolute Gasteiger partial charge is 0.452 e. The van der Waals surface area contributed by atoms with Gasteiger partial charge in [0.05, 0.1) is 5.56 Å². The SMILES string of the molecule is C[C@@H]1CCCC[C@H]1NC(=O)NC(=O)COC(=O)c1ccc(F)cc1F. The molecular weight excluding hydrogens is 334 g/mol. The standard InChI is InChI=1S/C17H20F2N2O4/c1-10-4-2-3-5-14(10)20-17(24)21-15(22)9-25-16(23)12-7-6-11(18)8-13(12)19/h6-8,10,14H,2-5,9H2,1H3,(H2,20,21,22,24)/t10-,14-/m1/s1. The van der Waals surface area contributed by atoms with Crippen LogP contribution in [0.5, 0.6) is 0 Å². The summed E-state index contributed by atoms with van der Waals surface area (Å²) in [6.07, 6.45) is 4.00. The van der Waals surface area contributed by atoms with Gasteiger partial charge >= 0.3 is 12.0 Å². The minimum atomic E-state index is -1.12. The normalized spacial score (nSPS) is 19.8. The van der Waals surface area contributed by atoms with Crippen LogP contribution in [0.1, 0.15) is 43.0 Å². The predicted octanol–water partition coefficient (Wildman–Crippen LogP) is 2.53. The fraction of sp³-hybridized carbons (Fsp3) is 0.471. The van der Waals surface area contributed by atoms with Gasteiger partial charge in [-0.1, -0.05) is 19.8 Å². The number of urea groups is 1. The molecule has 2 rings (SSSR count). The number of nitrogens with one attached hydrogen (secondary N) is 2. The molecule has 1 fully saturated rings. The van der Waals surface area contributed by atoms with Crippen LogP contribution >= 0.6 is 0 Å². The first-order valence-electron chi connectivity index (χ1n) is 8.09. The molecule has 2 atom stereocenters. The summed E-state index contributed by atoms with van der Waals surface area (Å²) in [5.74, 6) is -3.55. The molecule has 0 heterocycles. The Kier molecular flexibility index (Phi) is 6.44. The van der Waals surface area contributed by atoms with Crippen molar-refractivity contribution in [3.8, 4) is 0 Å². The molecule has 0 aromatic heterocycles. The monoisotopic (exact) mass is 354 g/mol. The topological polar surface area (TPSA) is 84.5 Å². The van der Waals surface area contributed by atoms with Gasteiger partial charge in [-0.3, -0.25) is 10.1 Å². The zero-order valence-corrected chi connectivity index (χ0v) is 13.8. The Bertz CT molecular complexity index is 666. The van der Waals surface area contributed by atoms with Crippen LogP contribution in [-0.4, -0.2) is 30.6 Å². The predicted molar refractivity (Wildman–Crippen MR) is 84.7 cm³/mol. The summed E-state index contributed by atoms with van der Waals surface area (Å²) in [7, 11) is 0. The minimum Gasteiger partial charge on any atom is -0.452 e. The number of ether oxygens (including phenoxy) is 1. The van der Waals surface area contributed by atoms with Crippen LogP contribution in [0, 0.1) is 17.6 Å². The second kappa shape index (κ2) is 8.55. The molecule has 0 aliphatic heterocycles. The van der Waals surface area contributed by atoms with E-state index in [1.807, 2.05) is 6.92 Å². The molecule has 1 aliphatic carbocycles. The van der Waals surface area contributed by atoms with E-state index in [1.165, 1.54) is 0 Å². The molecule has 25 heavy (non-hydrogen) atoms. The van der Waals surface area contributed by atoms with E-state index in [1.54, 1.807) is 0 Å². The van der Waals surface area contributed by atoms with Crippen LogP contribution in [0.25, 0.3) is 0 Å². The van der Waals surface area contributed by atoms with Crippen molar-refractivity contribution in [1.29, 1.82) is 0 Å². The van der Waals surface area contributed by atoms with E-state index in [9.17, 15) is 23.2 Å². The lowest BCUT2D eigenvalue weighted by Crippen LogP contribution is -2.48. The number of benzene rings is 1. The summed E-state index contributed by atoms with van der Waals surface area (Å²) in [6, 6.07) is 1.70. The Morgan fingerprint density at radius 2 is 1.92 bits per heavy atom. The molecule has 0 radical (unpaired) electrons. The van der Waals surface area contributed by atoms with Crippen LogP contribution in [0.4, 0.5) is 13.6 Å². The van der Waals surface area contributed by atoms with Crippen LogP contribution < -0.4 is 10.6 Å². The van der Waals surface area contributed by atoms with Crippen molar-refractivity contribution in [2.45, 2.75) is 38.6 Å². The van der Waals surface area contributed by atoms with Gasteiger partial charge in [0, 0.05) is 12.1 Å². The second-order valence-corrected chi connectivity index (χ2v) is 6.09. The number of esters is 1. The van der Waals surface area contributed by atoms with Gasteiger partial charge in [0.2, 0.25) is 0 Å². The van der Waals surface area contributed by atoms with Crippen molar-refractivity contribution in [3.05, 3.63) is 35.4 Å². The third kappa shape index (κ3) is 5.51. The quantitative estimate of drug-likeness (QED) is 0.814. The van der Waals surface area contributed by atoms with E-state index < -0.39 is 41.7 Å². The molecule has 8 heteroatoms. The second-order valence-electron chi connectivity index (χ2n) is 6.09. The average Bonchev–Trinajstić information content (AvgIpc) is 2.54. The fourth-order valence-electron chi connectivity index (χ4n) is 2.76. The Morgan fingerprint density at radius 1 is 1.20 bits per heavy atom. The third-order valence-electron chi connectivity index (χ3n) is 4.17. The molecule has 1 aromatic rings. The van der Waals surface area contributed by atoms with Gasteiger partial charge < -0.3 is 10.1 Å². The molecule has 3 amide bonds. The van der Waals surface area contributed by atoms with E-state index in [-0.39, 0.29) is 6.04 Å². The smallest absolute Gasteiger partial charge is 0.341 e. The van der Waals surface area contributed by atoms with Gasteiger partial charge in [-0.15, -0.1) is 0 Å². The summed E-state index contributed by atoms with van der Waals surface area (Å²) in [6.45, 7) is 1.29. The van der Waals surface area contributed by atoms with Crippen LogP contribution in [-0.2, 0) is 9.53 Å². The lowest BCUT2D eigenvalue weighted by molar-refractivity contribution is -0.123. The lowest BCUT2D eigenvalue weighted by atomic mass is 9.86. The van der Waals surface area contributed by atoms with Gasteiger partial charge in [0.25, 0.3) is 5.91 Å². The van der Waals surface area contributed by atoms with E-state index in [2.05, 4.69) is 15.4 Å². The van der Waals surface area contributed by atoms with E-state index in [0.29, 0.717) is 12.0 Å².